The smallest absolute Gasteiger partial charge is 0.312 e. The van der Waals surface area contributed by atoms with Crippen LogP contribution in [0.4, 0.5) is 0 Å². The van der Waals surface area contributed by atoms with E-state index in [0.29, 0.717) is 0 Å². The molecular weight excluding hydrogens is 396 g/mol. The highest BCUT2D eigenvalue weighted by molar-refractivity contribution is 6.69. The van der Waals surface area contributed by atoms with E-state index in [1.54, 1.807) is 0 Å². The molecule has 4 aliphatic rings. The van der Waals surface area contributed by atoms with Gasteiger partial charge in [-0.1, -0.05) is 17.7 Å². The Morgan fingerprint density at radius 2 is 1.80 bits per heavy atom. The number of esters is 2. The van der Waals surface area contributed by atoms with Crippen LogP contribution < -0.4 is 0 Å². The molecule has 3 fully saturated rings. The van der Waals surface area contributed by atoms with Crippen LogP contribution in [0.2, 0.25) is 19.6 Å². The van der Waals surface area contributed by atoms with Crippen LogP contribution in [0.5, 0.6) is 0 Å². The highest BCUT2D eigenvalue weighted by atomic mass is 28.4. The molecule has 0 aromatic heterocycles. The molecule has 0 heterocycles. The normalized spacial score (nSPS) is 40.1. The van der Waals surface area contributed by atoms with Crippen molar-refractivity contribution >= 4 is 20.3 Å². The third-order valence-corrected chi connectivity index (χ3v) is 9.29. The van der Waals surface area contributed by atoms with Gasteiger partial charge in [0, 0.05) is 11.3 Å². The molecule has 0 N–H and O–H groups in total. The Labute approximate surface area is 181 Å². The lowest BCUT2D eigenvalue weighted by Gasteiger charge is -2.45. The fourth-order valence-electron chi connectivity index (χ4n) is 7.45. The highest BCUT2D eigenvalue weighted by Gasteiger charge is 2.70. The number of carbonyl (C=O) groups is 2. The Bertz CT molecular complexity index is 839. The molecule has 1 spiro atoms. The maximum absolute atomic E-state index is 13.3. The minimum Gasteiger partial charge on any atom is -0.469 e. The molecule has 3 saturated carbocycles. The first-order valence-corrected chi connectivity index (χ1v) is 14.6. The molecule has 0 saturated heterocycles. The number of fused-ring (bicyclic) bond motifs is 2. The van der Waals surface area contributed by atoms with Gasteiger partial charge in [0.2, 0.25) is 0 Å². The Morgan fingerprint density at radius 1 is 1.10 bits per heavy atom. The molecule has 0 aromatic carbocycles. The summed E-state index contributed by atoms with van der Waals surface area (Å²) in [6.45, 7) is 13.1. The Hall–Kier alpha value is -1.40. The third kappa shape index (κ3) is 2.82. The van der Waals surface area contributed by atoms with Gasteiger partial charge in [0.05, 0.1) is 31.2 Å². The summed E-state index contributed by atoms with van der Waals surface area (Å²) >= 11 is 0. The Balaban J connectivity index is 1.87. The summed E-state index contributed by atoms with van der Waals surface area (Å²) in [4.78, 5) is 26.3. The summed E-state index contributed by atoms with van der Waals surface area (Å²) < 4.78 is 17.4. The second-order valence-corrected chi connectivity index (χ2v) is 15.5. The van der Waals surface area contributed by atoms with Crippen molar-refractivity contribution in [3.05, 3.63) is 23.3 Å². The van der Waals surface area contributed by atoms with Gasteiger partial charge in [0.15, 0.2) is 8.32 Å². The van der Waals surface area contributed by atoms with Crippen LogP contribution in [-0.2, 0) is 23.5 Å². The Morgan fingerprint density at radius 3 is 2.40 bits per heavy atom. The van der Waals surface area contributed by atoms with Crippen molar-refractivity contribution in [3.8, 4) is 0 Å². The first kappa shape index (κ1) is 21.8. The van der Waals surface area contributed by atoms with Crippen molar-refractivity contribution in [2.45, 2.75) is 77.1 Å². The summed E-state index contributed by atoms with van der Waals surface area (Å²) in [6, 6.07) is 0. The zero-order valence-corrected chi connectivity index (χ0v) is 20.4. The molecule has 2 bridgehead atoms. The maximum Gasteiger partial charge on any atom is 0.312 e. The maximum atomic E-state index is 13.3. The van der Waals surface area contributed by atoms with Crippen LogP contribution in [0.25, 0.3) is 0 Å². The molecule has 5 nitrogen and oxygen atoms in total. The predicted octanol–water partition coefficient (Wildman–Crippen LogP) is 4.79. The van der Waals surface area contributed by atoms with Gasteiger partial charge in [-0.3, -0.25) is 9.59 Å². The second-order valence-electron chi connectivity index (χ2n) is 11.1. The van der Waals surface area contributed by atoms with Crippen molar-refractivity contribution in [1.29, 1.82) is 0 Å². The minimum atomic E-state index is -1.82. The van der Waals surface area contributed by atoms with E-state index < -0.39 is 13.7 Å². The fourth-order valence-corrected chi connectivity index (χ4v) is 8.94. The Kier molecular flexibility index (Phi) is 4.94. The van der Waals surface area contributed by atoms with Crippen LogP contribution in [-0.4, -0.2) is 40.1 Å². The topological polar surface area (TPSA) is 61.8 Å². The van der Waals surface area contributed by atoms with Gasteiger partial charge in [-0.05, 0) is 77.1 Å². The van der Waals surface area contributed by atoms with Crippen molar-refractivity contribution in [3.63, 3.8) is 0 Å². The predicted molar refractivity (Wildman–Crippen MR) is 117 cm³/mol. The van der Waals surface area contributed by atoms with E-state index in [9.17, 15) is 9.59 Å². The van der Waals surface area contributed by atoms with Crippen LogP contribution in [0, 0.1) is 22.7 Å². The average molecular weight is 433 g/mol. The lowest BCUT2D eigenvalue weighted by Crippen LogP contribution is -2.49. The molecule has 5 atom stereocenters. The largest absolute Gasteiger partial charge is 0.469 e. The van der Waals surface area contributed by atoms with E-state index in [1.807, 2.05) is 6.92 Å². The van der Waals surface area contributed by atoms with E-state index in [1.165, 1.54) is 25.4 Å². The molecule has 1 unspecified atom stereocenters. The first-order valence-electron chi connectivity index (χ1n) is 11.2. The van der Waals surface area contributed by atoms with E-state index in [4.69, 9.17) is 13.9 Å². The van der Waals surface area contributed by atoms with Gasteiger partial charge in [0.1, 0.15) is 0 Å². The summed E-state index contributed by atoms with van der Waals surface area (Å²) in [7, 11) is 1.10. The van der Waals surface area contributed by atoms with Crippen molar-refractivity contribution < 1.29 is 23.5 Å². The number of rotatable bonds is 4. The van der Waals surface area contributed by atoms with Crippen molar-refractivity contribution in [1.82, 2.24) is 0 Å². The molecule has 4 rings (SSSR count). The second kappa shape index (κ2) is 6.80. The summed E-state index contributed by atoms with van der Waals surface area (Å²) in [5.41, 5.74) is 2.45. The van der Waals surface area contributed by atoms with E-state index in [0.717, 1.165) is 50.5 Å². The molecule has 0 amide bonds. The van der Waals surface area contributed by atoms with Crippen LogP contribution >= 0.6 is 0 Å². The SMILES string of the molecule is C=C1C[C@]23C[C@@]1(O[Si](C)(C)C)CCC2=C1CCCC(C)(C(=O)OC)[C@H]1[C@@H]3C(=O)OC. The van der Waals surface area contributed by atoms with Gasteiger partial charge in [-0.15, -0.1) is 0 Å². The molecule has 0 aromatic rings. The fraction of sp³-hybridized carbons (Fsp3) is 0.750. The third-order valence-electron chi connectivity index (χ3n) is 8.28. The van der Waals surface area contributed by atoms with E-state index in [-0.39, 0.29) is 34.8 Å². The zero-order valence-electron chi connectivity index (χ0n) is 19.4. The summed E-state index contributed by atoms with van der Waals surface area (Å²) in [5, 5.41) is 0. The van der Waals surface area contributed by atoms with Gasteiger partial charge < -0.3 is 13.9 Å². The number of allylic oxidation sites excluding steroid dienone is 2. The number of hydrogen-bond donors (Lipinski definition) is 0. The van der Waals surface area contributed by atoms with Gasteiger partial charge in [-0.2, -0.15) is 0 Å². The van der Waals surface area contributed by atoms with Crippen LogP contribution in [0.1, 0.15) is 51.9 Å². The van der Waals surface area contributed by atoms with E-state index >= 15 is 0 Å². The molecule has 0 aliphatic heterocycles. The summed E-state index contributed by atoms with van der Waals surface area (Å²) in [6.07, 6.45) is 6.02. The zero-order chi connectivity index (χ0) is 22.1. The standard InChI is InChI=1S/C24H36O5Si/c1-15-13-23-14-24(15,29-30(5,6)7)12-10-17(23)16-9-8-11-22(2,21(26)28-4)18(16)19(23)20(25)27-3/h18-19H,1,8-14H2,2-7H3/t18-,19-,22?,23+,24+/m1/s1. The highest BCUT2D eigenvalue weighted by Crippen LogP contribution is 2.72. The molecule has 166 valence electrons. The molecule has 0 radical (unpaired) electrons. The van der Waals surface area contributed by atoms with Gasteiger partial charge in [0.25, 0.3) is 0 Å². The number of ether oxygens (including phenoxy) is 2. The quantitative estimate of drug-likeness (QED) is 0.363. The van der Waals surface area contributed by atoms with E-state index in [2.05, 4.69) is 26.2 Å². The lowest BCUT2D eigenvalue weighted by molar-refractivity contribution is -0.164. The molecular formula is C24H36O5Si. The van der Waals surface area contributed by atoms with Gasteiger partial charge >= 0.3 is 11.9 Å². The molecule has 30 heavy (non-hydrogen) atoms. The van der Waals surface area contributed by atoms with Crippen molar-refractivity contribution in [2.75, 3.05) is 14.2 Å². The molecule has 4 aliphatic carbocycles. The molecule has 6 heteroatoms. The van der Waals surface area contributed by atoms with Crippen LogP contribution in [0.3, 0.4) is 0 Å². The minimum absolute atomic E-state index is 0.158. The van der Waals surface area contributed by atoms with Gasteiger partial charge in [-0.25, -0.2) is 0 Å². The first-order chi connectivity index (χ1) is 13.9. The monoisotopic (exact) mass is 432 g/mol. The lowest BCUT2D eigenvalue weighted by atomic mass is 9.59. The number of carbonyl (C=O) groups excluding carboxylic acids is 2. The number of methoxy groups -OCH3 is 2. The van der Waals surface area contributed by atoms with Crippen LogP contribution in [0.15, 0.2) is 23.3 Å². The summed E-state index contributed by atoms with van der Waals surface area (Å²) in [5.74, 6) is -0.950. The van der Waals surface area contributed by atoms with Crippen molar-refractivity contribution in [2.24, 2.45) is 22.7 Å². The number of hydrogen-bond acceptors (Lipinski definition) is 5. The average Bonchev–Trinajstić information content (AvgIpc) is 3.06.